The Morgan fingerprint density at radius 1 is 0.923 bits per heavy atom. The molecule has 0 heterocycles. The highest BCUT2D eigenvalue weighted by atomic mass is 16.5. The molecule has 0 unspecified atom stereocenters. The molecular formula is C20H21NO5. The molecule has 0 aliphatic carbocycles. The van der Waals surface area contributed by atoms with Crippen molar-refractivity contribution < 1.29 is 23.9 Å². The van der Waals surface area contributed by atoms with E-state index in [4.69, 9.17) is 9.47 Å². The fourth-order valence-corrected chi connectivity index (χ4v) is 2.49. The van der Waals surface area contributed by atoms with Gasteiger partial charge in [-0.25, -0.2) is 4.79 Å². The molecule has 0 aromatic heterocycles. The standard InChI is InChI=1S/C20H21NO5/c1-25-13-18(22)21-17(20(24)26-2)12-14-8-10-16(11-9-14)19(23)15-6-4-3-5-7-15/h3-11,17H,12-13H2,1-2H3,(H,21,22)/t17-/m1/s1. The largest absolute Gasteiger partial charge is 0.467 e. The van der Waals surface area contributed by atoms with E-state index >= 15 is 0 Å². The first kappa shape index (κ1) is 19.3. The topological polar surface area (TPSA) is 81.7 Å². The van der Waals surface area contributed by atoms with Gasteiger partial charge in [0.05, 0.1) is 7.11 Å². The highest BCUT2D eigenvalue weighted by Gasteiger charge is 2.22. The second-order valence-corrected chi connectivity index (χ2v) is 5.67. The molecule has 2 rings (SSSR count). The summed E-state index contributed by atoms with van der Waals surface area (Å²) in [5, 5.41) is 2.57. The number of rotatable bonds is 8. The van der Waals surface area contributed by atoms with Crippen molar-refractivity contribution in [2.45, 2.75) is 12.5 Å². The van der Waals surface area contributed by atoms with Gasteiger partial charge in [-0.15, -0.1) is 0 Å². The van der Waals surface area contributed by atoms with E-state index in [1.807, 2.05) is 18.2 Å². The zero-order valence-electron chi connectivity index (χ0n) is 14.7. The Bertz CT molecular complexity index is 756. The van der Waals surface area contributed by atoms with Crippen molar-refractivity contribution in [2.24, 2.45) is 0 Å². The highest BCUT2D eigenvalue weighted by molar-refractivity contribution is 6.08. The monoisotopic (exact) mass is 355 g/mol. The number of ether oxygens (including phenoxy) is 2. The zero-order valence-corrected chi connectivity index (χ0v) is 14.7. The number of hydrogen-bond donors (Lipinski definition) is 1. The van der Waals surface area contributed by atoms with E-state index in [0.29, 0.717) is 11.1 Å². The lowest BCUT2D eigenvalue weighted by Crippen LogP contribution is -2.44. The molecule has 0 aliphatic heterocycles. The third-order valence-electron chi connectivity index (χ3n) is 3.79. The summed E-state index contributed by atoms with van der Waals surface area (Å²) in [6.45, 7) is -0.141. The lowest BCUT2D eigenvalue weighted by atomic mass is 9.99. The highest BCUT2D eigenvalue weighted by Crippen LogP contribution is 2.12. The number of benzene rings is 2. The average molecular weight is 355 g/mol. The smallest absolute Gasteiger partial charge is 0.328 e. The van der Waals surface area contributed by atoms with Crippen LogP contribution in [0.4, 0.5) is 0 Å². The number of esters is 1. The van der Waals surface area contributed by atoms with Crippen molar-refractivity contribution >= 4 is 17.7 Å². The fourth-order valence-electron chi connectivity index (χ4n) is 2.49. The van der Waals surface area contributed by atoms with E-state index in [1.165, 1.54) is 14.2 Å². The fraction of sp³-hybridized carbons (Fsp3) is 0.250. The summed E-state index contributed by atoms with van der Waals surface area (Å²) in [4.78, 5) is 36.0. The van der Waals surface area contributed by atoms with Crippen molar-refractivity contribution in [2.75, 3.05) is 20.8 Å². The van der Waals surface area contributed by atoms with Crippen molar-refractivity contribution in [1.82, 2.24) is 5.32 Å². The molecule has 2 aromatic carbocycles. The number of carbonyl (C=O) groups is 3. The van der Waals surface area contributed by atoms with Crippen LogP contribution in [0.3, 0.4) is 0 Å². The van der Waals surface area contributed by atoms with Crippen molar-refractivity contribution in [1.29, 1.82) is 0 Å². The van der Waals surface area contributed by atoms with Crippen LogP contribution < -0.4 is 5.32 Å². The van der Waals surface area contributed by atoms with E-state index < -0.39 is 17.9 Å². The maximum atomic E-state index is 12.4. The van der Waals surface area contributed by atoms with Crippen LogP contribution in [0.1, 0.15) is 21.5 Å². The lowest BCUT2D eigenvalue weighted by molar-refractivity contribution is -0.145. The quantitative estimate of drug-likeness (QED) is 0.576. The second-order valence-electron chi connectivity index (χ2n) is 5.67. The van der Waals surface area contributed by atoms with Gasteiger partial charge in [0, 0.05) is 24.7 Å². The van der Waals surface area contributed by atoms with Gasteiger partial charge in [-0.3, -0.25) is 9.59 Å². The summed E-state index contributed by atoms with van der Waals surface area (Å²) in [7, 11) is 2.66. The summed E-state index contributed by atoms with van der Waals surface area (Å²) in [5.41, 5.74) is 1.96. The minimum atomic E-state index is -0.821. The zero-order chi connectivity index (χ0) is 18.9. The Labute approximate surface area is 152 Å². The van der Waals surface area contributed by atoms with Crippen LogP contribution in [0.5, 0.6) is 0 Å². The molecule has 0 saturated heterocycles. The predicted octanol–water partition coefficient (Wildman–Crippen LogP) is 1.76. The van der Waals surface area contributed by atoms with Gasteiger partial charge < -0.3 is 14.8 Å². The van der Waals surface area contributed by atoms with Crippen molar-refractivity contribution in [3.63, 3.8) is 0 Å². The van der Waals surface area contributed by atoms with Gasteiger partial charge in [0.25, 0.3) is 0 Å². The second kappa shape index (κ2) is 9.48. The third-order valence-corrected chi connectivity index (χ3v) is 3.79. The Kier molecular flexibility index (Phi) is 7.05. The number of hydrogen-bond acceptors (Lipinski definition) is 5. The maximum absolute atomic E-state index is 12.4. The van der Waals surface area contributed by atoms with Crippen LogP contribution >= 0.6 is 0 Å². The first-order chi connectivity index (χ1) is 12.5. The molecule has 0 radical (unpaired) electrons. The van der Waals surface area contributed by atoms with E-state index in [1.54, 1.807) is 36.4 Å². The molecule has 0 spiro atoms. The number of carbonyl (C=O) groups excluding carboxylic acids is 3. The molecule has 136 valence electrons. The molecule has 1 amide bonds. The molecular weight excluding hydrogens is 334 g/mol. The number of nitrogens with one attached hydrogen (secondary N) is 1. The normalized spacial score (nSPS) is 11.5. The van der Waals surface area contributed by atoms with Gasteiger partial charge in [-0.1, -0.05) is 54.6 Å². The molecule has 1 N–H and O–H groups in total. The molecule has 0 aliphatic rings. The summed E-state index contributed by atoms with van der Waals surface area (Å²) in [6, 6.07) is 15.1. The molecule has 0 fully saturated rings. The Balaban J connectivity index is 2.09. The molecule has 0 bridgehead atoms. The summed E-state index contributed by atoms with van der Waals surface area (Å²) < 4.78 is 9.49. The first-order valence-electron chi connectivity index (χ1n) is 8.10. The van der Waals surface area contributed by atoms with Gasteiger partial charge >= 0.3 is 5.97 Å². The van der Waals surface area contributed by atoms with Crippen LogP contribution in [0.15, 0.2) is 54.6 Å². The van der Waals surface area contributed by atoms with E-state index in [0.717, 1.165) is 5.56 Å². The molecule has 6 nitrogen and oxygen atoms in total. The average Bonchev–Trinajstić information content (AvgIpc) is 2.67. The minimum absolute atomic E-state index is 0.0740. The Morgan fingerprint density at radius 3 is 2.12 bits per heavy atom. The first-order valence-corrected chi connectivity index (χ1v) is 8.10. The number of methoxy groups -OCH3 is 2. The Morgan fingerprint density at radius 2 is 1.54 bits per heavy atom. The van der Waals surface area contributed by atoms with Crippen LogP contribution in [-0.2, 0) is 25.5 Å². The molecule has 1 atom stereocenters. The lowest BCUT2D eigenvalue weighted by Gasteiger charge is -2.16. The van der Waals surface area contributed by atoms with Gasteiger partial charge in [0.2, 0.25) is 5.91 Å². The van der Waals surface area contributed by atoms with E-state index in [9.17, 15) is 14.4 Å². The molecule has 6 heteroatoms. The number of ketones is 1. The van der Waals surface area contributed by atoms with Gasteiger partial charge in [-0.05, 0) is 5.56 Å². The Hall–Kier alpha value is -2.99. The van der Waals surface area contributed by atoms with Gasteiger partial charge in [0.15, 0.2) is 5.78 Å². The third kappa shape index (κ3) is 5.26. The summed E-state index contributed by atoms with van der Waals surface area (Å²) in [6.07, 6.45) is 0.252. The van der Waals surface area contributed by atoms with Gasteiger partial charge in [-0.2, -0.15) is 0 Å². The van der Waals surface area contributed by atoms with Crippen LogP contribution in [0.25, 0.3) is 0 Å². The van der Waals surface area contributed by atoms with Crippen molar-refractivity contribution in [3.8, 4) is 0 Å². The molecule has 26 heavy (non-hydrogen) atoms. The molecule has 2 aromatic rings. The number of amides is 1. The van der Waals surface area contributed by atoms with Crippen LogP contribution in [0, 0.1) is 0 Å². The minimum Gasteiger partial charge on any atom is -0.467 e. The van der Waals surface area contributed by atoms with Crippen LogP contribution in [-0.4, -0.2) is 44.5 Å². The summed E-state index contributed by atoms with van der Waals surface area (Å²) in [5.74, 6) is -1.02. The SMILES string of the molecule is COCC(=O)N[C@H](Cc1ccc(C(=O)c2ccccc2)cc1)C(=O)OC. The maximum Gasteiger partial charge on any atom is 0.328 e. The van der Waals surface area contributed by atoms with E-state index in [2.05, 4.69) is 5.32 Å². The van der Waals surface area contributed by atoms with Crippen molar-refractivity contribution in [3.05, 3.63) is 71.3 Å². The van der Waals surface area contributed by atoms with E-state index in [-0.39, 0.29) is 18.8 Å². The van der Waals surface area contributed by atoms with Gasteiger partial charge in [0.1, 0.15) is 12.6 Å². The predicted molar refractivity (Wildman–Crippen MR) is 95.8 cm³/mol. The molecule has 0 saturated carbocycles. The van der Waals surface area contributed by atoms with Crippen LogP contribution in [0.2, 0.25) is 0 Å². The summed E-state index contributed by atoms with van der Waals surface area (Å²) >= 11 is 0.